The molecule has 2 saturated heterocycles. The Morgan fingerprint density at radius 2 is 1.22 bits per heavy atom. The summed E-state index contributed by atoms with van der Waals surface area (Å²) in [5.74, 6) is -12.4. The standard InChI is InChI=1S/C83H113F3N12O17S2/c1-12-47-41-81(47,73(103)95-116(107,108)51-27-28-51)93-67(99)62-53(14-3)61-44-97(62)71(101)65(77(4,5)6)91-75(105)114-59-38-46(59)21-18-19-33-83(85,86)64-70(113-61)89-55-29-25-45(37-57(55)88-64)40-78(7,8)66-72(102)98-43-60(52(13-2)63(98)68(100)94-82(42-49(82)31-36-84)74(104)96-117(109,110)79(9)34-35-79)112-69-56(87-54-30-26-50(111-11)39-58(54)90-69)24-17-15-16-22-48-23-20-32-80(48,10)115-76(106)92-66/h25-26,29-30,37,39,46-49,51-53,59-63,65-66H,12-24,27-28,31-36,38,40-44H2,1-11H3,(H,91,105)(H,92,106)(H,93,99)(H,94,100)(H,95,103)(H,96,104). The zero-order chi connectivity index (χ0) is 84.1. The minimum atomic E-state index is -4.28. The van der Waals surface area contributed by atoms with Crippen LogP contribution in [0.2, 0.25) is 0 Å². The number of rotatable bonds is 19. The Bertz CT molecular complexity index is 4820. The maximum absolute atomic E-state index is 17.8. The molecule has 16 atom stereocenters. The van der Waals surface area contributed by atoms with Gasteiger partial charge in [-0.2, -0.15) is 8.78 Å². The molecule has 29 nitrogen and oxygen atoms in total. The van der Waals surface area contributed by atoms with E-state index in [2.05, 4.69) is 30.7 Å². The molecule has 6 saturated carbocycles. The van der Waals surface area contributed by atoms with Crippen molar-refractivity contribution >= 4 is 89.7 Å². The lowest BCUT2D eigenvalue weighted by Crippen LogP contribution is -2.62. The van der Waals surface area contributed by atoms with Gasteiger partial charge in [0.1, 0.15) is 70.6 Å². The van der Waals surface area contributed by atoms with E-state index in [-0.39, 0.29) is 93.1 Å². The molecular weight excluding hydrogens is 1560 g/mol. The fourth-order valence-corrected chi connectivity index (χ4v) is 21.7. The Kier molecular flexibility index (Phi) is 23.2. The first-order chi connectivity index (χ1) is 55.2. The number of alkyl carbamates (subject to hydrolysis) is 2. The summed E-state index contributed by atoms with van der Waals surface area (Å²) in [7, 11) is -6.84. The van der Waals surface area contributed by atoms with E-state index in [0.717, 1.165) is 25.7 Å². The van der Waals surface area contributed by atoms with Crippen molar-refractivity contribution in [1.29, 1.82) is 0 Å². The van der Waals surface area contributed by atoms with Crippen LogP contribution in [0.3, 0.4) is 0 Å². The Morgan fingerprint density at radius 1 is 0.632 bits per heavy atom. The summed E-state index contributed by atoms with van der Waals surface area (Å²) < 4.78 is 139. The van der Waals surface area contributed by atoms with Crippen molar-refractivity contribution in [2.45, 2.75) is 298 Å². The maximum atomic E-state index is 17.8. The maximum Gasteiger partial charge on any atom is 0.408 e. The number of sulfonamides is 2. The molecule has 2 aromatic heterocycles. The second-order valence-corrected chi connectivity index (χ2v) is 41.2. The average Bonchev–Trinajstić information content (AvgIpc) is 1.56. The highest BCUT2D eigenvalue weighted by Gasteiger charge is 2.66. The number of amides is 8. The molecule has 8 fully saturated rings. The van der Waals surface area contributed by atoms with Crippen molar-refractivity contribution in [3.63, 3.8) is 0 Å². The second kappa shape index (κ2) is 31.9. The van der Waals surface area contributed by atoms with Crippen LogP contribution < -0.4 is 44.9 Å². The van der Waals surface area contributed by atoms with Gasteiger partial charge < -0.3 is 54.8 Å². The molecule has 117 heavy (non-hydrogen) atoms. The summed E-state index contributed by atoms with van der Waals surface area (Å²) in [4.78, 5) is 143. The van der Waals surface area contributed by atoms with Crippen LogP contribution in [0.5, 0.6) is 17.5 Å². The molecule has 0 radical (unpaired) electrons. The van der Waals surface area contributed by atoms with Crippen LogP contribution in [0.4, 0.5) is 22.8 Å². The number of hydrogen-bond acceptors (Lipinski definition) is 21. The van der Waals surface area contributed by atoms with E-state index in [4.69, 9.17) is 43.6 Å². The van der Waals surface area contributed by atoms with E-state index < -0.39 is 208 Å². The van der Waals surface area contributed by atoms with Crippen LogP contribution in [0.1, 0.15) is 227 Å². The first-order valence-corrected chi connectivity index (χ1v) is 45.0. The van der Waals surface area contributed by atoms with E-state index in [9.17, 15) is 35.6 Å². The molecule has 34 heteroatoms. The van der Waals surface area contributed by atoms with Crippen molar-refractivity contribution in [1.82, 2.24) is 60.4 Å². The number of nitrogens with zero attached hydrogens (tertiary/aromatic N) is 6. The van der Waals surface area contributed by atoms with Crippen LogP contribution in [0.25, 0.3) is 22.1 Å². The molecule has 14 rings (SSSR count). The number of hydrogen-bond donors (Lipinski definition) is 6. The third kappa shape index (κ3) is 17.1. The normalized spacial score (nSPS) is 32.0. The molecule has 4 aliphatic heterocycles. The number of benzene rings is 2. The fourth-order valence-electron chi connectivity index (χ4n) is 19.0. The van der Waals surface area contributed by atoms with Gasteiger partial charge in [-0.1, -0.05) is 87.1 Å². The predicted octanol–water partition coefficient (Wildman–Crippen LogP) is 9.91. The fraction of sp³-hybridized carbons (Fsp3) is 0.711. The molecule has 16 unspecified atom stereocenters. The van der Waals surface area contributed by atoms with E-state index in [1.165, 1.54) is 29.9 Å². The van der Waals surface area contributed by atoms with Gasteiger partial charge in [-0.05, 0) is 200 Å². The molecule has 2 aromatic carbocycles. The summed E-state index contributed by atoms with van der Waals surface area (Å²) >= 11 is 0. The average molecular weight is 1670 g/mol. The quantitative estimate of drug-likeness (QED) is 0.0508. The largest absolute Gasteiger partial charge is 0.497 e. The molecule has 4 aromatic rings. The molecule has 4 bridgehead atoms. The second-order valence-electron chi connectivity index (χ2n) is 37.0. The van der Waals surface area contributed by atoms with Gasteiger partial charge in [0.15, 0.2) is 5.69 Å². The van der Waals surface area contributed by atoms with Gasteiger partial charge in [-0.3, -0.25) is 42.6 Å². The van der Waals surface area contributed by atoms with Gasteiger partial charge in [-0.15, -0.1) is 0 Å². The molecule has 6 heterocycles. The summed E-state index contributed by atoms with van der Waals surface area (Å²) in [5.41, 5.74) is -5.94. The lowest BCUT2D eigenvalue weighted by atomic mass is 9.77. The van der Waals surface area contributed by atoms with Gasteiger partial charge >= 0.3 is 12.2 Å². The van der Waals surface area contributed by atoms with Crippen molar-refractivity contribution in [2.75, 3.05) is 26.9 Å². The van der Waals surface area contributed by atoms with Crippen LogP contribution in [0, 0.1) is 46.3 Å². The Balaban J connectivity index is 0.832. The van der Waals surface area contributed by atoms with Crippen LogP contribution in [-0.4, -0.2) is 190 Å². The number of methoxy groups -OCH3 is 1. The van der Waals surface area contributed by atoms with Gasteiger partial charge in [0.05, 0.1) is 58.9 Å². The number of alkyl halides is 3. The van der Waals surface area contributed by atoms with Crippen LogP contribution in [0.15, 0.2) is 36.4 Å². The minimum absolute atomic E-state index is 0.0204. The highest BCUT2D eigenvalue weighted by Crippen LogP contribution is 2.52. The Hall–Kier alpha value is -8.43. The zero-order valence-electron chi connectivity index (χ0n) is 68.7. The van der Waals surface area contributed by atoms with Crippen LogP contribution in [-0.2, 0) is 77.1 Å². The lowest BCUT2D eigenvalue weighted by molar-refractivity contribution is -0.144. The smallest absolute Gasteiger partial charge is 0.408 e. The topological polar surface area (TPSA) is 381 Å². The molecule has 0 spiro atoms. The van der Waals surface area contributed by atoms with E-state index in [1.54, 1.807) is 85.7 Å². The number of carbonyl (C=O) groups excluding carboxylic acids is 8. The number of nitrogens with one attached hydrogen (secondary N) is 6. The zero-order valence-corrected chi connectivity index (χ0v) is 70.3. The predicted molar refractivity (Wildman–Crippen MR) is 423 cm³/mol. The van der Waals surface area contributed by atoms with Crippen molar-refractivity contribution in [3.8, 4) is 17.5 Å². The number of halogens is 3. The van der Waals surface area contributed by atoms with E-state index in [0.29, 0.717) is 92.2 Å². The number of fused-ring (bicyclic) bond motifs is 10. The van der Waals surface area contributed by atoms with Crippen molar-refractivity contribution < 1.29 is 92.0 Å². The molecule has 10 aliphatic rings. The first kappa shape index (κ1) is 85.0. The highest BCUT2D eigenvalue weighted by molar-refractivity contribution is 7.91. The number of carbonyl (C=O) groups is 8. The van der Waals surface area contributed by atoms with Crippen LogP contribution >= 0.6 is 0 Å². The summed E-state index contributed by atoms with van der Waals surface area (Å²) in [6.45, 7) is 15.6. The monoisotopic (exact) mass is 1670 g/mol. The number of ether oxygens (including phenoxy) is 5. The van der Waals surface area contributed by atoms with Gasteiger partial charge in [-0.25, -0.2) is 46.4 Å². The van der Waals surface area contributed by atoms with Gasteiger partial charge in [0.25, 0.3) is 17.7 Å². The van der Waals surface area contributed by atoms with Crippen molar-refractivity contribution in [3.05, 3.63) is 53.3 Å². The summed E-state index contributed by atoms with van der Waals surface area (Å²) in [6.07, 6.45) is 2.70. The van der Waals surface area contributed by atoms with Gasteiger partial charge in [0, 0.05) is 24.3 Å². The Morgan fingerprint density at radius 3 is 1.85 bits per heavy atom. The summed E-state index contributed by atoms with van der Waals surface area (Å²) in [6, 6.07) is 4.08. The van der Waals surface area contributed by atoms with E-state index >= 15 is 32.8 Å². The first-order valence-electron chi connectivity index (χ1n) is 42.0. The lowest BCUT2D eigenvalue weighted by Gasteiger charge is -2.39. The molecule has 6 aliphatic carbocycles. The molecule has 6 N–H and O–H groups in total. The van der Waals surface area contributed by atoms with E-state index in [1.807, 2.05) is 6.92 Å². The summed E-state index contributed by atoms with van der Waals surface area (Å²) in [5, 5.41) is 10.7. The number of aromatic nitrogens is 4. The van der Waals surface area contributed by atoms with Crippen molar-refractivity contribution in [2.24, 2.45) is 46.3 Å². The SMILES string of the molecule is CCC1C2CN(C(=O)C(C(C)(C)C)NC(=O)OC3CC3CCCCC(F)(F)c3nc4cc(CC(C)(C)C5NC(=O)OC6(C)CCCC6CCCCCc6nc7ccc(OC)cc7nc6OC6CN(C5=O)C(C(=O)NC5(C(=O)NS(=O)(=O)C7(C)CC7)CC5CCF)C6CC)ccc4nc3O2)C1C(=O)NC1(C(=O)NS(=O)(=O)C2CC2)CC1CC. The molecular formula is C83H113F3N12O17S2. The van der Waals surface area contributed by atoms with Gasteiger partial charge in [0.2, 0.25) is 55.4 Å². The number of aryl methyl sites for hydroxylation is 1. The third-order valence-electron chi connectivity index (χ3n) is 27.0. The molecule has 640 valence electrons. The molecule has 8 amide bonds. The highest BCUT2D eigenvalue weighted by atomic mass is 32.2. The Labute approximate surface area is 681 Å². The third-order valence-corrected chi connectivity index (χ3v) is 31.0. The minimum Gasteiger partial charge on any atom is -0.497 e.